The lowest BCUT2D eigenvalue weighted by Gasteiger charge is -2.31. The van der Waals surface area contributed by atoms with Crippen LogP contribution in [0.15, 0.2) is 23.1 Å². The Morgan fingerprint density at radius 3 is 2.80 bits per heavy atom. The van der Waals surface area contributed by atoms with Crippen LogP contribution in [0.4, 0.5) is 0 Å². The number of piperidine rings is 1. The van der Waals surface area contributed by atoms with Gasteiger partial charge in [-0.2, -0.15) is 4.31 Å². The zero-order chi connectivity index (χ0) is 17.9. The lowest BCUT2D eigenvalue weighted by Crippen LogP contribution is -2.38. The van der Waals surface area contributed by atoms with Gasteiger partial charge >= 0.3 is 0 Å². The summed E-state index contributed by atoms with van der Waals surface area (Å²) in [5, 5.41) is 8.48. The van der Waals surface area contributed by atoms with Crippen LogP contribution in [0.25, 0.3) is 0 Å². The molecule has 0 aliphatic carbocycles. The second-order valence-corrected chi connectivity index (χ2v) is 8.58. The van der Waals surface area contributed by atoms with Gasteiger partial charge in [0.2, 0.25) is 15.9 Å². The van der Waals surface area contributed by atoms with Crippen molar-refractivity contribution in [2.45, 2.75) is 43.4 Å². The molecule has 2 aliphatic heterocycles. The summed E-state index contributed by atoms with van der Waals surface area (Å²) in [5.41, 5.74) is 2.59. The van der Waals surface area contributed by atoms with Gasteiger partial charge in [0.25, 0.3) is 0 Å². The van der Waals surface area contributed by atoms with E-state index in [0.717, 1.165) is 37.0 Å². The van der Waals surface area contributed by atoms with Crippen LogP contribution in [0.2, 0.25) is 0 Å². The molecule has 1 saturated heterocycles. The van der Waals surface area contributed by atoms with E-state index in [1.807, 2.05) is 0 Å². The minimum Gasteiger partial charge on any atom is -0.493 e. The van der Waals surface area contributed by atoms with Crippen LogP contribution in [-0.4, -0.2) is 43.5 Å². The summed E-state index contributed by atoms with van der Waals surface area (Å²) in [4.78, 5) is 11.4. The number of ether oxygens (including phenoxy) is 1. The van der Waals surface area contributed by atoms with E-state index < -0.39 is 10.0 Å². The van der Waals surface area contributed by atoms with Gasteiger partial charge in [0, 0.05) is 25.9 Å². The number of sulfonamides is 1. The average Bonchev–Trinajstić information content (AvgIpc) is 3.09. The maximum atomic E-state index is 12.8. The van der Waals surface area contributed by atoms with E-state index in [1.54, 1.807) is 28.0 Å². The molecule has 0 aromatic heterocycles. The van der Waals surface area contributed by atoms with E-state index in [1.165, 1.54) is 0 Å². The Kier molecular flexibility index (Phi) is 5.61. The summed E-state index contributed by atoms with van der Waals surface area (Å²) in [5.74, 6) is 0.830. The van der Waals surface area contributed by atoms with E-state index in [2.05, 4.69) is 0 Å². The Labute approximate surface area is 148 Å². The highest BCUT2D eigenvalue weighted by molar-refractivity contribution is 7.89. The van der Waals surface area contributed by atoms with Crippen LogP contribution < -0.4 is 10.2 Å². The first kappa shape index (κ1) is 18.2. The van der Waals surface area contributed by atoms with Crippen LogP contribution >= 0.6 is 0 Å². The molecular weight excluding hydrogens is 344 g/mol. The topological polar surface area (TPSA) is 95.9 Å². The third-order valence-electron chi connectivity index (χ3n) is 5.01. The van der Waals surface area contributed by atoms with E-state index in [9.17, 15) is 13.2 Å². The smallest absolute Gasteiger partial charge is 0.243 e. The standard InChI is InChI=1S/C17H24N2O5S/c20-17(18-21)3-1-2-13-6-9-19(10-7-13)25(22,23)15-4-5-16-14(12-15)8-11-24-16/h4-5,12-13,21H,1-3,6-11H2,(H,18,20). The Morgan fingerprint density at radius 1 is 1.32 bits per heavy atom. The normalized spacial score (nSPS) is 18.6. The number of amides is 1. The minimum absolute atomic E-state index is 0.298. The van der Waals surface area contributed by atoms with Crippen LogP contribution in [0.1, 0.15) is 37.7 Å². The highest BCUT2D eigenvalue weighted by Gasteiger charge is 2.30. The summed E-state index contributed by atoms with van der Waals surface area (Å²) < 4.78 is 32.7. The summed E-state index contributed by atoms with van der Waals surface area (Å²) in [6, 6.07) is 5.10. The number of carbonyl (C=O) groups excluding carboxylic acids is 1. The van der Waals surface area contributed by atoms with E-state index >= 15 is 0 Å². The molecule has 25 heavy (non-hydrogen) atoms. The van der Waals surface area contributed by atoms with Crippen molar-refractivity contribution < 1.29 is 23.2 Å². The third-order valence-corrected chi connectivity index (χ3v) is 6.91. The first-order valence-corrected chi connectivity index (χ1v) is 10.1. The fourth-order valence-corrected chi connectivity index (χ4v) is 5.04. The number of hydroxylamine groups is 1. The fourth-order valence-electron chi connectivity index (χ4n) is 3.52. The number of hydrogen-bond acceptors (Lipinski definition) is 5. The van der Waals surface area contributed by atoms with Crippen molar-refractivity contribution in [2.24, 2.45) is 5.92 Å². The predicted molar refractivity (Wildman–Crippen MR) is 90.9 cm³/mol. The van der Waals surface area contributed by atoms with Gasteiger partial charge in [-0.05, 0) is 55.4 Å². The number of nitrogens with zero attached hydrogens (tertiary/aromatic N) is 1. The first-order chi connectivity index (χ1) is 12.0. The SMILES string of the molecule is O=C(CCCC1CCN(S(=O)(=O)c2ccc3c(c2)CCO3)CC1)NO. The van der Waals surface area contributed by atoms with Crippen LogP contribution in [0, 0.1) is 5.92 Å². The molecule has 1 fully saturated rings. The van der Waals surface area contributed by atoms with Gasteiger partial charge in [-0.3, -0.25) is 10.0 Å². The number of rotatable bonds is 6. The highest BCUT2D eigenvalue weighted by Crippen LogP contribution is 2.31. The number of carbonyl (C=O) groups is 1. The van der Waals surface area contributed by atoms with Gasteiger partial charge < -0.3 is 4.74 Å². The van der Waals surface area contributed by atoms with E-state index in [-0.39, 0.29) is 5.91 Å². The predicted octanol–water partition coefficient (Wildman–Crippen LogP) is 1.70. The van der Waals surface area contributed by atoms with Gasteiger partial charge in [-0.15, -0.1) is 0 Å². The van der Waals surface area contributed by atoms with Crippen molar-refractivity contribution in [1.29, 1.82) is 0 Å². The molecular formula is C17H24N2O5S. The highest BCUT2D eigenvalue weighted by atomic mass is 32.2. The summed E-state index contributed by atoms with van der Waals surface area (Å²) in [7, 11) is -3.46. The summed E-state index contributed by atoms with van der Waals surface area (Å²) >= 11 is 0. The zero-order valence-corrected chi connectivity index (χ0v) is 14.9. The molecule has 3 rings (SSSR count). The lowest BCUT2D eigenvalue weighted by atomic mass is 9.92. The molecule has 138 valence electrons. The molecule has 7 nitrogen and oxygen atoms in total. The Bertz CT molecular complexity index is 727. The molecule has 1 amide bonds. The van der Waals surface area contributed by atoms with Crippen molar-refractivity contribution in [1.82, 2.24) is 9.79 Å². The molecule has 1 aromatic carbocycles. The largest absolute Gasteiger partial charge is 0.493 e. The quantitative estimate of drug-likeness (QED) is 0.588. The van der Waals surface area contributed by atoms with Crippen LogP contribution in [0.5, 0.6) is 5.75 Å². The molecule has 0 saturated carbocycles. The van der Waals surface area contributed by atoms with Crippen molar-refractivity contribution in [2.75, 3.05) is 19.7 Å². The van der Waals surface area contributed by atoms with Crippen molar-refractivity contribution in [3.8, 4) is 5.75 Å². The molecule has 0 bridgehead atoms. The minimum atomic E-state index is -3.46. The molecule has 2 heterocycles. The van der Waals surface area contributed by atoms with Gasteiger partial charge in [0.15, 0.2) is 0 Å². The molecule has 0 spiro atoms. The van der Waals surface area contributed by atoms with E-state index in [0.29, 0.717) is 43.4 Å². The van der Waals surface area contributed by atoms with Crippen molar-refractivity contribution >= 4 is 15.9 Å². The molecule has 1 aromatic rings. The molecule has 2 aliphatic rings. The Morgan fingerprint density at radius 2 is 2.08 bits per heavy atom. The van der Waals surface area contributed by atoms with Gasteiger partial charge in [0.05, 0.1) is 11.5 Å². The zero-order valence-electron chi connectivity index (χ0n) is 14.1. The van der Waals surface area contributed by atoms with Crippen molar-refractivity contribution in [3.63, 3.8) is 0 Å². The molecule has 2 N–H and O–H groups in total. The van der Waals surface area contributed by atoms with E-state index in [4.69, 9.17) is 9.94 Å². The average molecular weight is 368 g/mol. The summed E-state index contributed by atoms with van der Waals surface area (Å²) in [6.07, 6.45) is 4.22. The Hall–Kier alpha value is -1.64. The second kappa shape index (κ2) is 7.72. The molecule has 0 radical (unpaired) electrons. The summed E-state index contributed by atoms with van der Waals surface area (Å²) in [6.45, 7) is 1.62. The second-order valence-electron chi connectivity index (χ2n) is 6.64. The fraction of sp³-hybridized carbons (Fsp3) is 0.588. The van der Waals surface area contributed by atoms with Crippen LogP contribution in [0.3, 0.4) is 0 Å². The first-order valence-electron chi connectivity index (χ1n) is 8.69. The Balaban J connectivity index is 1.56. The molecule has 0 atom stereocenters. The number of nitrogens with one attached hydrogen (secondary N) is 1. The monoisotopic (exact) mass is 368 g/mol. The number of benzene rings is 1. The lowest BCUT2D eigenvalue weighted by molar-refractivity contribution is -0.129. The molecule has 0 unspecified atom stereocenters. The molecule has 8 heteroatoms. The van der Waals surface area contributed by atoms with Gasteiger partial charge in [-0.25, -0.2) is 13.9 Å². The number of hydrogen-bond donors (Lipinski definition) is 2. The van der Waals surface area contributed by atoms with Crippen molar-refractivity contribution in [3.05, 3.63) is 23.8 Å². The van der Waals surface area contributed by atoms with Gasteiger partial charge in [0.1, 0.15) is 5.75 Å². The maximum absolute atomic E-state index is 12.8. The maximum Gasteiger partial charge on any atom is 0.243 e. The number of fused-ring (bicyclic) bond motifs is 1. The van der Waals surface area contributed by atoms with Gasteiger partial charge in [-0.1, -0.05) is 0 Å². The van der Waals surface area contributed by atoms with Crippen LogP contribution in [-0.2, 0) is 21.2 Å². The third kappa shape index (κ3) is 4.13.